The molecule has 5 rings (SSSR count). The molecule has 4 atom stereocenters. The summed E-state index contributed by atoms with van der Waals surface area (Å²) in [7, 11) is 0. The van der Waals surface area contributed by atoms with Crippen LogP contribution in [0.2, 0.25) is 0 Å². The predicted molar refractivity (Wildman–Crippen MR) is 125 cm³/mol. The molecule has 1 aliphatic heterocycles. The van der Waals surface area contributed by atoms with Crippen molar-refractivity contribution in [2.75, 3.05) is 23.7 Å². The number of hydrogen-bond acceptors (Lipinski definition) is 6. The summed E-state index contributed by atoms with van der Waals surface area (Å²) < 4.78 is 0. The second-order valence-electron chi connectivity index (χ2n) is 9.07. The molecule has 0 radical (unpaired) electrons. The normalized spacial score (nSPS) is 24.4. The van der Waals surface area contributed by atoms with E-state index in [1.165, 1.54) is 23.1 Å². The lowest BCUT2D eigenvalue weighted by Gasteiger charge is -2.18. The van der Waals surface area contributed by atoms with Gasteiger partial charge >= 0.3 is 0 Å². The third-order valence-electron chi connectivity index (χ3n) is 6.95. The average Bonchev–Trinajstić information content (AvgIpc) is 3.49. The van der Waals surface area contributed by atoms with Gasteiger partial charge in [0.2, 0.25) is 11.8 Å². The Kier molecular flexibility index (Phi) is 5.39. The second kappa shape index (κ2) is 8.40. The number of rotatable bonds is 7. The SMILES string of the molecule is Cc1cccc(NC(=O)c2cc([N+](=O)[O-])ccc2NCCN2C(=O)[C@@H]3[C@@H](C2=O)[C@H]2C=C[C@H]3C2)c1. The summed E-state index contributed by atoms with van der Waals surface area (Å²) >= 11 is 0. The molecule has 1 heterocycles. The molecule has 0 spiro atoms. The number of non-ortho nitro benzene ring substituents is 1. The monoisotopic (exact) mass is 460 g/mol. The first-order valence-electron chi connectivity index (χ1n) is 11.3. The minimum absolute atomic E-state index is 0.105. The van der Waals surface area contributed by atoms with Crippen molar-refractivity contribution in [2.45, 2.75) is 13.3 Å². The Hall–Kier alpha value is -4.01. The number of nitro groups is 1. The fraction of sp³-hybridized carbons (Fsp3) is 0.320. The maximum absolute atomic E-state index is 13.0. The van der Waals surface area contributed by atoms with E-state index in [4.69, 9.17) is 0 Å². The lowest BCUT2D eigenvalue weighted by molar-refractivity contribution is -0.384. The molecule has 1 saturated carbocycles. The number of imide groups is 1. The number of nitrogens with zero attached hydrogens (tertiary/aromatic N) is 2. The van der Waals surface area contributed by atoms with E-state index in [0.29, 0.717) is 11.4 Å². The van der Waals surface area contributed by atoms with Gasteiger partial charge in [0.1, 0.15) is 0 Å². The van der Waals surface area contributed by atoms with E-state index >= 15 is 0 Å². The quantitative estimate of drug-likeness (QED) is 0.283. The Labute approximate surface area is 196 Å². The topological polar surface area (TPSA) is 122 Å². The minimum Gasteiger partial charge on any atom is -0.383 e. The third-order valence-corrected chi connectivity index (χ3v) is 6.95. The standard InChI is InChI=1S/C25H24N4O5/c1-14-3-2-4-17(11-14)27-23(30)19-13-18(29(33)34)7-8-20(19)26-9-10-28-24(31)21-15-5-6-16(12-15)22(21)25(28)32/h2-8,11,13,15-16,21-22,26H,9-10,12H2,1H3,(H,27,30)/t15-,16-,21-,22-/m0/s1. The van der Waals surface area contributed by atoms with Crippen LogP contribution in [0.4, 0.5) is 17.1 Å². The largest absolute Gasteiger partial charge is 0.383 e. The molecule has 9 nitrogen and oxygen atoms in total. The first-order chi connectivity index (χ1) is 16.3. The van der Waals surface area contributed by atoms with Gasteiger partial charge in [0.15, 0.2) is 0 Å². The number of carbonyl (C=O) groups is 3. The lowest BCUT2D eigenvalue weighted by atomic mass is 9.85. The molecule has 9 heteroatoms. The van der Waals surface area contributed by atoms with Gasteiger partial charge in [-0.3, -0.25) is 29.4 Å². The number of aryl methyl sites for hydroxylation is 1. The molecule has 174 valence electrons. The molecule has 0 unspecified atom stereocenters. The summed E-state index contributed by atoms with van der Waals surface area (Å²) in [6, 6.07) is 11.2. The van der Waals surface area contributed by atoms with E-state index in [-0.39, 0.29) is 59.8 Å². The number of amides is 3. The number of benzene rings is 2. The molecule has 2 aliphatic carbocycles. The zero-order chi connectivity index (χ0) is 24.0. The van der Waals surface area contributed by atoms with Crippen LogP contribution in [0, 0.1) is 40.7 Å². The van der Waals surface area contributed by atoms with E-state index in [1.807, 2.05) is 13.0 Å². The first-order valence-corrected chi connectivity index (χ1v) is 11.3. The van der Waals surface area contributed by atoms with Gasteiger partial charge in [-0.2, -0.15) is 0 Å². The number of nitro benzene ring substituents is 1. The zero-order valence-corrected chi connectivity index (χ0v) is 18.6. The number of hydrogen-bond donors (Lipinski definition) is 2. The number of carbonyl (C=O) groups excluding carboxylic acids is 3. The van der Waals surface area contributed by atoms with Gasteiger partial charge in [0.25, 0.3) is 11.6 Å². The van der Waals surface area contributed by atoms with Crippen molar-refractivity contribution < 1.29 is 19.3 Å². The Morgan fingerprint density at radius 2 is 1.79 bits per heavy atom. The molecule has 2 aromatic carbocycles. The molecule has 3 amide bonds. The fourth-order valence-electron chi connectivity index (χ4n) is 5.40. The van der Waals surface area contributed by atoms with E-state index in [0.717, 1.165) is 12.0 Å². The highest BCUT2D eigenvalue weighted by molar-refractivity contribution is 6.09. The molecule has 3 aliphatic rings. The Balaban J connectivity index is 1.30. The molecule has 2 bridgehead atoms. The van der Waals surface area contributed by atoms with Crippen molar-refractivity contribution in [3.8, 4) is 0 Å². The van der Waals surface area contributed by atoms with Crippen LogP contribution in [-0.4, -0.2) is 40.6 Å². The number of fused-ring (bicyclic) bond motifs is 5. The maximum atomic E-state index is 13.0. The second-order valence-corrected chi connectivity index (χ2v) is 9.07. The predicted octanol–water partition coefficient (Wildman–Crippen LogP) is 3.37. The van der Waals surface area contributed by atoms with Crippen LogP contribution in [0.15, 0.2) is 54.6 Å². The summed E-state index contributed by atoms with van der Waals surface area (Å²) in [5.74, 6) is -0.964. The Bertz CT molecular complexity index is 1210. The lowest BCUT2D eigenvalue weighted by Crippen LogP contribution is -2.36. The smallest absolute Gasteiger partial charge is 0.270 e. The minimum atomic E-state index is -0.560. The van der Waals surface area contributed by atoms with Gasteiger partial charge in [-0.25, -0.2) is 0 Å². The van der Waals surface area contributed by atoms with Crippen LogP contribution >= 0.6 is 0 Å². The molecule has 0 aromatic heterocycles. The summed E-state index contributed by atoms with van der Waals surface area (Å²) in [6.45, 7) is 2.29. The highest BCUT2D eigenvalue weighted by Crippen LogP contribution is 2.52. The van der Waals surface area contributed by atoms with E-state index in [9.17, 15) is 24.5 Å². The van der Waals surface area contributed by atoms with Crippen molar-refractivity contribution in [2.24, 2.45) is 23.7 Å². The van der Waals surface area contributed by atoms with Crippen molar-refractivity contribution in [3.63, 3.8) is 0 Å². The van der Waals surface area contributed by atoms with Gasteiger partial charge in [0, 0.05) is 36.6 Å². The molecule has 2 fully saturated rings. The number of anilines is 2. The van der Waals surface area contributed by atoms with Gasteiger partial charge in [-0.05, 0) is 48.9 Å². The van der Waals surface area contributed by atoms with Crippen molar-refractivity contribution in [1.82, 2.24) is 4.90 Å². The Morgan fingerprint density at radius 1 is 1.09 bits per heavy atom. The molecule has 2 N–H and O–H groups in total. The zero-order valence-electron chi connectivity index (χ0n) is 18.6. The molecular formula is C25H24N4O5. The molecular weight excluding hydrogens is 436 g/mol. The highest BCUT2D eigenvalue weighted by Gasteiger charge is 2.58. The van der Waals surface area contributed by atoms with E-state index in [1.54, 1.807) is 18.2 Å². The highest BCUT2D eigenvalue weighted by atomic mass is 16.6. The van der Waals surface area contributed by atoms with Crippen LogP contribution in [0.5, 0.6) is 0 Å². The van der Waals surface area contributed by atoms with Crippen molar-refractivity contribution in [1.29, 1.82) is 0 Å². The van der Waals surface area contributed by atoms with Crippen molar-refractivity contribution >= 4 is 34.8 Å². The van der Waals surface area contributed by atoms with Crippen LogP contribution in [0.3, 0.4) is 0 Å². The average molecular weight is 460 g/mol. The van der Waals surface area contributed by atoms with Crippen molar-refractivity contribution in [3.05, 3.63) is 75.9 Å². The van der Waals surface area contributed by atoms with Crippen LogP contribution in [0.25, 0.3) is 0 Å². The van der Waals surface area contributed by atoms with Crippen LogP contribution < -0.4 is 10.6 Å². The van der Waals surface area contributed by atoms with E-state index in [2.05, 4.69) is 22.8 Å². The van der Waals surface area contributed by atoms with Gasteiger partial charge in [-0.15, -0.1) is 0 Å². The first kappa shape index (κ1) is 21.8. The Morgan fingerprint density at radius 3 is 2.44 bits per heavy atom. The number of likely N-dealkylation sites (tertiary alicyclic amines) is 1. The summed E-state index contributed by atoms with van der Waals surface area (Å²) in [5, 5.41) is 17.1. The third kappa shape index (κ3) is 3.72. The summed E-state index contributed by atoms with van der Waals surface area (Å²) in [5.41, 5.74) is 1.82. The fourth-order valence-corrected chi connectivity index (χ4v) is 5.40. The van der Waals surface area contributed by atoms with Crippen LogP contribution in [-0.2, 0) is 9.59 Å². The van der Waals surface area contributed by atoms with Gasteiger partial charge < -0.3 is 10.6 Å². The maximum Gasteiger partial charge on any atom is 0.270 e. The number of allylic oxidation sites excluding steroid dienone is 2. The molecule has 34 heavy (non-hydrogen) atoms. The van der Waals surface area contributed by atoms with E-state index < -0.39 is 10.8 Å². The number of nitrogens with one attached hydrogen (secondary N) is 2. The molecule has 1 saturated heterocycles. The van der Waals surface area contributed by atoms with Gasteiger partial charge in [-0.1, -0.05) is 24.3 Å². The summed E-state index contributed by atoms with van der Waals surface area (Å²) in [4.78, 5) is 50.7. The molecule has 2 aromatic rings. The summed E-state index contributed by atoms with van der Waals surface area (Å²) in [6.07, 6.45) is 4.98. The van der Waals surface area contributed by atoms with Gasteiger partial charge in [0.05, 0.1) is 22.3 Å². The van der Waals surface area contributed by atoms with Crippen LogP contribution in [0.1, 0.15) is 22.3 Å².